The molecule has 7 heteroatoms. The minimum absolute atomic E-state index is 0.0412. The molecule has 0 saturated heterocycles. The second-order valence-corrected chi connectivity index (χ2v) is 4.58. The van der Waals surface area contributed by atoms with Gasteiger partial charge in [0.15, 0.2) is 11.5 Å². The molecule has 0 saturated carbocycles. The summed E-state index contributed by atoms with van der Waals surface area (Å²) >= 11 is 0. The van der Waals surface area contributed by atoms with E-state index in [1.54, 1.807) is 30.3 Å². The number of para-hydroxylation sites is 1. The largest absolute Gasteiger partial charge is 0.422 e. The number of carbonyl (C=O) groups is 1. The maximum absolute atomic E-state index is 13.2. The molecule has 112 valence electrons. The quantitative estimate of drug-likeness (QED) is 0.733. The molecule has 23 heavy (non-hydrogen) atoms. The van der Waals surface area contributed by atoms with Crippen LogP contribution in [0.25, 0.3) is 11.0 Å². The second-order valence-electron chi connectivity index (χ2n) is 4.58. The first-order valence-corrected chi connectivity index (χ1v) is 6.49. The molecule has 0 unspecified atom stereocenters. The number of carbonyl (C=O) groups excluding carboxylic acids is 1. The van der Waals surface area contributed by atoms with Gasteiger partial charge in [-0.3, -0.25) is 4.79 Å². The summed E-state index contributed by atoms with van der Waals surface area (Å²) in [6.45, 7) is 0. The van der Waals surface area contributed by atoms with E-state index in [9.17, 15) is 14.0 Å². The number of nitrogens with one attached hydrogen (secondary N) is 1. The number of pyridine rings is 1. The number of nitrogens with zero attached hydrogens (tertiary/aromatic N) is 2. The van der Waals surface area contributed by atoms with E-state index in [-0.39, 0.29) is 11.4 Å². The molecule has 3 aromatic rings. The molecule has 1 N–H and O–H groups in total. The number of nitriles is 1. The van der Waals surface area contributed by atoms with E-state index in [2.05, 4.69) is 10.3 Å². The van der Waals surface area contributed by atoms with Crippen molar-refractivity contribution in [1.29, 1.82) is 5.26 Å². The van der Waals surface area contributed by atoms with Gasteiger partial charge in [0.2, 0.25) is 0 Å². The summed E-state index contributed by atoms with van der Waals surface area (Å²) in [7, 11) is 0. The van der Waals surface area contributed by atoms with E-state index >= 15 is 0 Å². The van der Waals surface area contributed by atoms with Crippen molar-refractivity contribution < 1.29 is 13.6 Å². The summed E-state index contributed by atoms with van der Waals surface area (Å²) in [5, 5.41) is 11.6. The number of hydrogen-bond donors (Lipinski definition) is 1. The Hall–Kier alpha value is -3.53. The first kappa shape index (κ1) is 14.4. The Morgan fingerprint density at radius 1 is 1.26 bits per heavy atom. The zero-order chi connectivity index (χ0) is 16.4. The minimum Gasteiger partial charge on any atom is -0.422 e. The Kier molecular flexibility index (Phi) is 3.57. The van der Waals surface area contributed by atoms with Crippen molar-refractivity contribution in [2.24, 2.45) is 0 Å². The van der Waals surface area contributed by atoms with Gasteiger partial charge >= 0.3 is 5.63 Å². The lowest BCUT2D eigenvalue weighted by atomic mass is 10.2. The average Bonchev–Trinajstić information content (AvgIpc) is 2.55. The van der Waals surface area contributed by atoms with Crippen LogP contribution in [0.15, 0.2) is 51.7 Å². The van der Waals surface area contributed by atoms with Gasteiger partial charge in [-0.2, -0.15) is 5.26 Å². The van der Waals surface area contributed by atoms with Crippen LogP contribution in [-0.2, 0) is 0 Å². The van der Waals surface area contributed by atoms with Crippen LogP contribution in [0.1, 0.15) is 16.1 Å². The second kappa shape index (κ2) is 5.69. The van der Waals surface area contributed by atoms with E-state index in [0.29, 0.717) is 11.0 Å². The fourth-order valence-electron chi connectivity index (χ4n) is 1.99. The van der Waals surface area contributed by atoms with Crippen molar-refractivity contribution in [2.45, 2.75) is 0 Å². The van der Waals surface area contributed by atoms with E-state index in [0.717, 1.165) is 6.07 Å². The highest BCUT2D eigenvalue weighted by molar-refractivity contribution is 6.04. The predicted octanol–water partition coefficient (Wildman–Crippen LogP) is 2.45. The molecule has 1 amide bonds. The molecule has 0 aliphatic carbocycles. The summed E-state index contributed by atoms with van der Waals surface area (Å²) in [5.74, 6) is -1.59. The van der Waals surface area contributed by atoms with Crippen molar-refractivity contribution in [3.05, 3.63) is 70.0 Å². The van der Waals surface area contributed by atoms with Crippen LogP contribution in [0.3, 0.4) is 0 Å². The number of halogens is 1. The van der Waals surface area contributed by atoms with Gasteiger partial charge in [0, 0.05) is 5.39 Å². The lowest BCUT2D eigenvalue weighted by molar-refractivity contribution is 0.102. The SMILES string of the molecule is N#Cc1nc(NC(=O)c2cc3ccccc3oc2=O)ccc1F. The molecule has 0 radical (unpaired) electrons. The van der Waals surface area contributed by atoms with Gasteiger partial charge < -0.3 is 9.73 Å². The van der Waals surface area contributed by atoms with Crippen molar-refractivity contribution in [2.75, 3.05) is 5.32 Å². The topological polar surface area (TPSA) is 96.0 Å². The maximum atomic E-state index is 13.2. The van der Waals surface area contributed by atoms with Crippen molar-refractivity contribution in [3.63, 3.8) is 0 Å². The molecule has 0 aliphatic rings. The number of hydrogen-bond acceptors (Lipinski definition) is 5. The zero-order valence-electron chi connectivity index (χ0n) is 11.5. The van der Waals surface area contributed by atoms with Gasteiger partial charge in [-0.15, -0.1) is 0 Å². The lowest BCUT2D eigenvalue weighted by Crippen LogP contribution is -2.21. The van der Waals surface area contributed by atoms with E-state index < -0.39 is 23.0 Å². The molecular formula is C16H8FN3O3. The highest BCUT2D eigenvalue weighted by Crippen LogP contribution is 2.14. The fraction of sp³-hybridized carbons (Fsp3) is 0. The van der Waals surface area contributed by atoms with Crippen molar-refractivity contribution in [1.82, 2.24) is 4.98 Å². The van der Waals surface area contributed by atoms with Crippen LogP contribution in [0.5, 0.6) is 0 Å². The van der Waals surface area contributed by atoms with Crippen LogP contribution in [0.2, 0.25) is 0 Å². The number of anilines is 1. The molecule has 1 aromatic carbocycles. The molecule has 0 bridgehead atoms. The first-order chi connectivity index (χ1) is 11.1. The Balaban J connectivity index is 1.96. The third kappa shape index (κ3) is 2.78. The van der Waals surface area contributed by atoms with Gasteiger partial charge in [-0.1, -0.05) is 18.2 Å². The summed E-state index contributed by atoms with van der Waals surface area (Å²) in [6, 6.07) is 11.9. The maximum Gasteiger partial charge on any atom is 0.349 e. The van der Waals surface area contributed by atoms with Crippen LogP contribution >= 0.6 is 0 Å². The average molecular weight is 309 g/mol. The third-order valence-corrected chi connectivity index (χ3v) is 3.08. The van der Waals surface area contributed by atoms with E-state index in [1.807, 2.05) is 0 Å². The molecule has 2 heterocycles. The van der Waals surface area contributed by atoms with Crippen molar-refractivity contribution in [3.8, 4) is 6.07 Å². The monoisotopic (exact) mass is 309 g/mol. The highest BCUT2D eigenvalue weighted by atomic mass is 19.1. The number of aromatic nitrogens is 1. The van der Waals surface area contributed by atoms with Gasteiger partial charge in [0.1, 0.15) is 23.0 Å². The molecule has 2 aromatic heterocycles. The Morgan fingerprint density at radius 3 is 2.83 bits per heavy atom. The lowest BCUT2D eigenvalue weighted by Gasteiger charge is -2.05. The van der Waals surface area contributed by atoms with E-state index in [4.69, 9.17) is 9.68 Å². The normalized spacial score (nSPS) is 10.3. The standard InChI is InChI=1S/C16H8FN3O3/c17-11-5-6-14(19-12(11)8-18)20-15(21)10-7-9-3-1-2-4-13(9)23-16(10)22/h1-7H,(H,19,20,21). The van der Waals surface area contributed by atoms with Crippen LogP contribution < -0.4 is 10.9 Å². The summed E-state index contributed by atoms with van der Waals surface area (Å²) in [6.07, 6.45) is 0. The molecule has 6 nitrogen and oxygen atoms in total. The fourth-order valence-corrected chi connectivity index (χ4v) is 1.99. The van der Waals surface area contributed by atoms with E-state index in [1.165, 1.54) is 12.1 Å². The summed E-state index contributed by atoms with van der Waals surface area (Å²) in [5.41, 5.74) is -1.11. The van der Waals surface area contributed by atoms with Crippen molar-refractivity contribution >= 4 is 22.7 Å². The van der Waals surface area contributed by atoms with Crippen LogP contribution in [0.4, 0.5) is 10.2 Å². The Bertz CT molecular complexity index is 1020. The Labute approximate surface area is 128 Å². The third-order valence-electron chi connectivity index (χ3n) is 3.08. The number of fused-ring (bicyclic) bond motifs is 1. The highest BCUT2D eigenvalue weighted by Gasteiger charge is 2.15. The smallest absolute Gasteiger partial charge is 0.349 e. The molecule has 3 rings (SSSR count). The van der Waals surface area contributed by atoms with Crippen LogP contribution in [0, 0.1) is 17.1 Å². The number of rotatable bonds is 2. The number of benzene rings is 1. The van der Waals surface area contributed by atoms with Gasteiger partial charge in [-0.25, -0.2) is 14.2 Å². The molecular weight excluding hydrogens is 301 g/mol. The van der Waals surface area contributed by atoms with Gasteiger partial charge in [-0.05, 0) is 24.3 Å². The molecule has 0 aliphatic heterocycles. The molecule has 0 spiro atoms. The predicted molar refractivity (Wildman–Crippen MR) is 79.3 cm³/mol. The van der Waals surface area contributed by atoms with Crippen LogP contribution in [-0.4, -0.2) is 10.9 Å². The Morgan fingerprint density at radius 2 is 2.04 bits per heavy atom. The van der Waals surface area contributed by atoms with Gasteiger partial charge in [0.05, 0.1) is 0 Å². The molecule has 0 fully saturated rings. The minimum atomic E-state index is -0.802. The van der Waals surface area contributed by atoms with Gasteiger partial charge in [0.25, 0.3) is 5.91 Å². The first-order valence-electron chi connectivity index (χ1n) is 6.49. The zero-order valence-corrected chi connectivity index (χ0v) is 11.5. The number of amides is 1. The summed E-state index contributed by atoms with van der Waals surface area (Å²) < 4.78 is 18.3. The molecule has 0 atom stereocenters. The summed E-state index contributed by atoms with van der Waals surface area (Å²) in [4.78, 5) is 27.7.